The molecule has 0 heterocycles. The fraction of sp³-hybridized carbons (Fsp3) is 0.316. The Bertz CT molecular complexity index is 675. The van der Waals surface area contributed by atoms with Gasteiger partial charge in [-0.05, 0) is 60.9 Å². The fourth-order valence-electron chi connectivity index (χ4n) is 3.25. The van der Waals surface area contributed by atoms with Gasteiger partial charge in [-0.2, -0.15) is 0 Å². The van der Waals surface area contributed by atoms with Crippen LogP contribution in [0.1, 0.15) is 52.2 Å². The molecule has 0 N–H and O–H groups in total. The van der Waals surface area contributed by atoms with E-state index in [1.165, 1.54) is 17.2 Å². The zero-order chi connectivity index (χ0) is 14.8. The fourth-order valence-corrected chi connectivity index (χ4v) is 3.25. The molecule has 3 rings (SSSR count). The highest BCUT2D eigenvalue weighted by molar-refractivity contribution is 5.96. The predicted molar refractivity (Wildman–Crippen MR) is 82.2 cm³/mol. The van der Waals surface area contributed by atoms with Crippen LogP contribution in [0.3, 0.4) is 0 Å². The van der Waals surface area contributed by atoms with Gasteiger partial charge in [-0.1, -0.05) is 30.3 Å². The number of carbonyl (C=O) groups excluding carboxylic acids is 1. The van der Waals surface area contributed by atoms with Crippen LogP contribution >= 0.6 is 0 Å². The lowest BCUT2D eigenvalue weighted by atomic mass is 9.79. The van der Waals surface area contributed by atoms with Crippen molar-refractivity contribution in [1.82, 2.24) is 0 Å². The normalized spacial score (nSPS) is 17.3. The van der Waals surface area contributed by atoms with Crippen LogP contribution in [0.25, 0.3) is 0 Å². The number of halogens is 1. The molecule has 0 bridgehead atoms. The molecule has 0 aromatic heterocycles. The summed E-state index contributed by atoms with van der Waals surface area (Å²) in [5.74, 6) is -0.263. The van der Waals surface area contributed by atoms with E-state index in [1.807, 2.05) is 19.1 Å². The number of aryl methyl sites for hydroxylation is 2. The van der Waals surface area contributed by atoms with Crippen LogP contribution in [0.15, 0.2) is 42.5 Å². The molecule has 21 heavy (non-hydrogen) atoms. The van der Waals surface area contributed by atoms with Gasteiger partial charge in [-0.15, -0.1) is 0 Å². The van der Waals surface area contributed by atoms with Gasteiger partial charge in [0.15, 0.2) is 5.78 Å². The number of fused-ring (bicyclic) bond motifs is 1. The lowest BCUT2D eigenvalue weighted by molar-refractivity contribution is 0.0967. The SMILES string of the molecule is Cc1ccc(C(=O)CC2CCCc3ccccc32)c(F)c1. The van der Waals surface area contributed by atoms with Crippen LogP contribution in [0.4, 0.5) is 4.39 Å². The van der Waals surface area contributed by atoms with Gasteiger partial charge in [0.05, 0.1) is 5.56 Å². The standard InChI is InChI=1S/C19H19FO/c1-13-9-10-17(18(20)11-13)19(21)12-15-7-4-6-14-5-2-3-8-16(14)15/h2-3,5,8-11,15H,4,6-7,12H2,1H3. The first-order chi connectivity index (χ1) is 10.1. The summed E-state index contributed by atoms with van der Waals surface area (Å²) < 4.78 is 13.9. The maximum absolute atomic E-state index is 13.9. The summed E-state index contributed by atoms with van der Waals surface area (Å²) >= 11 is 0. The van der Waals surface area contributed by atoms with E-state index in [1.54, 1.807) is 12.1 Å². The van der Waals surface area contributed by atoms with Crippen LogP contribution in [-0.4, -0.2) is 5.78 Å². The average molecular weight is 282 g/mol. The highest BCUT2D eigenvalue weighted by atomic mass is 19.1. The number of ketones is 1. The molecule has 0 fully saturated rings. The number of hydrogen-bond donors (Lipinski definition) is 0. The molecule has 2 heteroatoms. The van der Waals surface area contributed by atoms with E-state index < -0.39 is 5.82 Å². The van der Waals surface area contributed by atoms with E-state index in [4.69, 9.17) is 0 Å². The quantitative estimate of drug-likeness (QED) is 0.737. The van der Waals surface area contributed by atoms with Gasteiger partial charge in [-0.25, -0.2) is 4.39 Å². The molecule has 1 aliphatic rings. The maximum atomic E-state index is 13.9. The van der Waals surface area contributed by atoms with E-state index in [-0.39, 0.29) is 17.3 Å². The second-order valence-electron chi connectivity index (χ2n) is 5.90. The number of hydrogen-bond acceptors (Lipinski definition) is 1. The molecular weight excluding hydrogens is 263 g/mol. The van der Waals surface area contributed by atoms with Crippen molar-refractivity contribution in [1.29, 1.82) is 0 Å². The Morgan fingerprint density at radius 3 is 2.86 bits per heavy atom. The van der Waals surface area contributed by atoms with E-state index in [9.17, 15) is 9.18 Å². The topological polar surface area (TPSA) is 17.1 Å². The summed E-state index contributed by atoms with van der Waals surface area (Å²) in [6.07, 6.45) is 3.60. The second kappa shape index (κ2) is 5.80. The van der Waals surface area contributed by atoms with Gasteiger partial charge in [0, 0.05) is 6.42 Å². The first-order valence-electron chi connectivity index (χ1n) is 7.52. The summed E-state index contributed by atoms with van der Waals surface area (Å²) in [4.78, 5) is 12.4. The Morgan fingerprint density at radius 2 is 2.05 bits per heavy atom. The van der Waals surface area contributed by atoms with Crippen LogP contribution in [-0.2, 0) is 6.42 Å². The van der Waals surface area contributed by atoms with Gasteiger partial charge in [0.25, 0.3) is 0 Å². The van der Waals surface area contributed by atoms with Crippen LogP contribution in [0, 0.1) is 12.7 Å². The van der Waals surface area contributed by atoms with E-state index in [0.717, 1.165) is 24.8 Å². The van der Waals surface area contributed by atoms with E-state index in [2.05, 4.69) is 12.1 Å². The molecule has 0 amide bonds. The molecule has 1 atom stereocenters. The van der Waals surface area contributed by atoms with Crippen molar-refractivity contribution < 1.29 is 9.18 Å². The third kappa shape index (κ3) is 2.90. The number of carbonyl (C=O) groups is 1. The molecule has 2 aromatic carbocycles. The summed E-state index contributed by atoms with van der Waals surface area (Å²) in [5.41, 5.74) is 3.67. The highest BCUT2D eigenvalue weighted by Gasteiger charge is 2.23. The van der Waals surface area contributed by atoms with Gasteiger partial charge >= 0.3 is 0 Å². The minimum absolute atomic E-state index is 0.0887. The molecule has 108 valence electrons. The minimum Gasteiger partial charge on any atom is -0.294 e. The predicted octanol–water partition coefficient (Wildman–Crippen LogP) is 4.83. The third-order valence-electron chi connectivity index (χ3n) is 4.35. The smallest absolute Gasteiger partial charge is 0.166 e. The molecule has 0 radical (unpaired) electrons. The summed E-state index contributed by atoms with van der Waals surface area (Å²) in [6.45, 7) is 1.83. The molecule has 0 saturated heterocycles. The summed E-state index contributed by atoms with van der Waals surface area (Å²) in [6, 6.07) is 13.2. The number of Topliss-reactive ketones (excluding diaryl/α,β-unsaturated/α-hetero) is 1. The maximum Gasteiger partial charge on any atom is 0.166 e. The Kier molecular flexibility index (Phi) is 3.87. The van der Waals surface area contributed by atoms with Gasteiger partial charge in [0.1, 0.15) is 5.82 Å². The molecular formula is C19H19FO. The van der Waals surface area contributed by atoms with Crippen molar-refractivity contribution in [2.75, 3.05) is 0 Å². The lowest BCUT2D eigenvalue weighted by Gasteiger charge is -2.25. The van der Waals surface area contributed by atoms with Crippen molar-refractivity contribution in [3.8, 4) is 0 Å². The van der Waals surface area contributed by atoms with Crippen LogP contribution in [0.5, 0.6) is 0 Å². The first-order valence-corrected chi connectivity index (χ1v) is 7.52. The van der Waals surface area contributed by atoms with Crippen LogP contribution < -0.4 is 0 Å². The molecule has 0 spiro atoms. The van der Waals surface area contributed by atoms with Crippen LogP contribution in [0.2, 0.25) is 0 Å². The zero-order valence-electron chi connectivity index (χ0n) is 12.2. The highest BCUT2D eigenvalue weighted by Crippen LogP contribution is 2.34. The molecule has 0 saturated carbocycles. The second-order valence-corrected chi connectivity index (χ2v) is 5.90. The average Bonchev–Trinajstić information content (AvgIpc) is 2.47. The van der Waals surface area contributed by atoms with Crippen molar-refractivity contribution in [2.45, 2.75) is 38.5 Å². The number of rotatable bonds is 3. The summed E-state index contributed by atoms with van der Waals surface area (Å²) in [7, 11) is 0. The van der Waals surface area contributed by atoms with E-state index in [0.29, 0.717) is 6.42 Å². The third-order valence-corrected chi connectivity index (χ3v) is 4.35. The summed E-state index contributed by atoms with van der Waals surface area (Å²) in [5, 5.41) is 0. The number of benzene rings is 2. The Balaban J connectivity index is 1.83. The van der Waals surface area contributed by atoms with Crippen molar-refractivity contribution in [2.24, 2.45) is 0 Å². The van der Waals surface area contributed by atoms with E-state index >= 15 is 0 Å². The largest absolute Gasteiger partial charge is 0.294 e. The Labute approximate surface area is 124 Å². The first kappa shape index (κ1) is 14.0. The van der Waals surface area contributed by atoms with Crippen molar-refractivity contribution in [3.05, 3.63) is 70.5 Å². The van der Waals surface area contributed by atoms with Gasteiger partial charge in [0.2, 0.25) is 0 Å². The minimum atomic E-state index is -0.399. The van der Waals surface area contributed by atoms with Crippen molar-refractivity contribution >= 4 is 5.78 Å². The molecule has 1 aliphatic carbocycles. The Hall–Kier alpha value is -1.96. The van der Waals surface area contributed by atoms with Gasteiger partial charge < -0.3 is 0 Å². The van der Waals surface area contributed by atoms with Crippen molar-refractivity contribution in [3.63, 3.8) is 0 Å². The lowest BCUT2D eigenvalue weighted by Crippen LogP contribution is -2.14. The molecule has 2 aromatic rings. The molecule has 1 nitrogen and oxygen atoms in total. The molecule has 1 unspecified atom stereocenters. The molecule has 0 aliphatic heterocycles. The monoisotopic (exact) mass is 282 g/mol. The Morgan fingerprint density at radius 1 is 1.24 bits per heavy atom. The zero-order valence-corrected chi connectivity index (χ0v) is 12.2. The van der Waals surface area contributed by atoms with Gasteiger partial charge in [-0.3, -0.25) is 4.79 Å².